The number of carbonyl (C=O) groups excluding carboxylic acids is 1. The summed E-state index contributed by atoms with van der Waals surface area (Å²) in [4.78, 5) is 23.5. The minimum atomic E-state index is -4.49. The van der Waals surface area contributed by atoms with Crippen LogP contribution in [0.25, 0.3) is 10.2 Å². The summed E-state index contributed by atoms with van der Waals surface area (Å²) >= 11 is 1.25. The molecule has 1 aromatic carbocycles. The molecule has 3 aromatic rings. The minimum absolute atomic E-state index is 0.0285. The molecule has 2 aromatic heterocycles. The van der Waals surface area contributed by atoms with Gasteiger partial charge >= 0.3 is 6.18 Å². The number of aromatic nitrogens is 2. The van der Waals surface area contributed by atoms with E-state index >= 15 is 0 Å². The van der Waals surface area contributed by atoms with Gasteiger partial charge in [-0.2, -0.15) is 13.2 Å². The van der Waals surface area contributed by atoms with Gasteiger partial charge in [0.15, 0.2) is 0 Å². The number of nitrogens with zero attached hydrogens (tertiary/aromatic N) is 3. The molecule has 1 aliphatic heterocycles. The highest BCUT2D eigenvalue weighted by atomic mass is 32.1. The number of thiophene rings is 1. The number of hydrogen-bond donors (Lipinski definition) is 2. The summed E-state index contributed by atoms with van der Waals surface area (Å²) in [5, 5.41) is 3.13. The summed E-state index contributed by atoms with van der Waals surface area (Å²) in [5.41, 5.74) is 5.87. The summed E-state index contributed by atoms with van der Waals surface area (Å²) in [6.45, 7) is 3.77. The molecule has 0 radical (unpaired) electrons. The molecule has 1 amide bonds. The van der Waals surface area contributed by atoms with E-state index in [4.69, 9.17) is 10.5 Å². The molecule has 4 rings (SSSR count). The third kappa shape index (κ3) is 4.57. The van der Waals surface area contributed by atoms with Crippen molar-refractivity contribution < 1.29 is 22.7 Å². The van der Waals surface area contributed by atoms with Gasteiger partial charge in [-0.1, -0.05) is 0 Å². The Balaban J connectivity index is 1.61. The summed E-state index contributed by atoms with van der Waals surface area (Å²) in [6.07, 6.45) is -3.14. The number of benzene rings is 1. The van der Waals surface area contributed by atoms with E-state index < -0.39 is 17.8 Å². The largest absolute Gasteiger partial charge is 0.416 e. The van der Waals surface area contributed by atoms with Gasteiger partial charge in [0.05, 0.1) is 39.9 Å². The Hall–Kier alpha value is -2.92. The lowest BCUT2D eigenvalue weighted by Crippen LogP contribution is -2.40. The summed E-state index contributed by atoms with van der Waals surface area (Å²) in [6, 6.07) is 4.66. The lowest BCUT2D eigenvalue weighted by Gasteiger charge is -2.26. The van der Waals surface area contributed by atoms with E-state index in [1.165, 1.54) is 23.7 Å². The van der Waals surface area contributed by atoms with E-state index in [2.05, 4.69) is 15.3 Å². The van der Waals surface area contributed by atoms with Crippen LogP contribution in [0.5, 0.6) is 0 Å². The highest BCUT2D eigenvalue weighted by Gasteiger charge is 2.31. The van der Waals surface area contributed by atoms with Gasteiger partial charge in [0, 0.05) is 18.8 Å². The average molecular weight is 451 g/mol. The maximum absolute atomic E-state index is 13.1. The van der Waals surface area contributed by atoms with Crippen molar-refractivity contribution in [2.45, 2.75) is 19.1 Å². The van der Waals surface area contributed by atoms with E-state index in [1.807, 2.05) is 0 Å². The summed E-state index contributed by atoms with van der Waals surface area (Å²) in [5.74, 6) is 0.343. The number of morpholine rings is 1. The van der Waals surface area contributed by atoms with Gasteiger partial charge in [0.25, 0.3) is 5.91 Å². The van der Waals surface area contributed by atoms with Crippen LogP contribution in [-0.2, 0) is 10.9 Å². The van der Waals surface area contributed by atoms with E-state index in [0.29, 0.717) is 52.8 Å². The van der Waals surface area contributed by atoms with Crippen molar-refractivity contribution in [2.75, 3.05) is 37.4 Å². The summed E-state index contributed by atoms with van der Waals surface area (Å²) in [7, 11) is 0. The molecule has 1 saturated heterocycles. The number of alkyl halides is 3. The molecule has 164 valence electrons. The number of rotatable bonds is 4. The summed E-state index contributed by atoms with van der Waals surface area (Å²) < 4.78 is 45.4. The molecule has 0 unspecified atom stereocenters. The molecular formula is C20H20F3N5O2S. The fraction of sp³-hybridized carbons (Fsp3) is 0.350. The smallest absolute Gasteiger partial charge is 0.399 e. The monoisotopic (exact) mass is 451 g/mol. The van der Waals surface area contributed by atoms with Crippen LogP contribution in [0.4, 0.5) is 24.7 Å². The van der Waals surface area contributed by atoms with Gasteiger partial charge in [0.1, 0.15) is 12.1 Å². The van der Waals surface area contributed by atoms with Crippen LogP contribution >= 0.6 is 11.3 Å². The Morgan fingerprint density at radius 3 is 2.68 bits per heavy atom. The number of anilines is 2. The molecule has 1 fully saturated rings. The van der Waals surface area contributed by atoms with Crippen LogP contribution in [-0.4, -0.2) is 47.1 Å². The number of nitrogens with one attached hydrogen (secondary N) is 1. The van der Waals surface area contributed by atoms with Crippen molar-refractivity contribution in [3.05, 3.63) is 46.6 Å². The van der Waals surface area contributed by atoms with Gasteiger partial charge in [-0.15, -0.1) is 11.3 Å². The van der Waals surface area contributed by atoms with Gasteiger partial charge < -0.3 is 20.7 Å². The Kier molecular flexibility index (Phi) is 5.71. The standard InChI is InChI=1S/C20H20F3N5O2S/c1-11(12-6-13(20(21,22)23)8-14(24)7-12)27-18-17-15(25-10-26-18)9-16(31-17)19(29)28-2-4-30-5-3-28/h6-11H,2-5,24H2,1H3,(H,25,26,27)/t11-/m1/s1. The number of fused-ring (bicyclic) bond motifs is 1. The second-order valence-corrected chi connectivity index (χ2v) is 8.26. The van der Waals surface area contributed by atoms with Gasteiger partial charge in [-0.05, 0) is 36.8 Å². The first kappa shape index (κ1) is 21.3. The first-order chi connectivity index (χ1) is 14.7. The lowest BCUT2D eigenvalue weighted by atomic mass is 10.0. The van der Waals surface area contributed by atoms with Crippen molar-refractivity contribution in [2.24, 2.45) is 0 Å². The first-order valence-electron chi connectivity index (χ1n) is 9.58. The molecule has 3 heterocycles. The Labute approximate surface area is 180 Å². The normalized spacial score (nSPS) is 15.8. The Bertz CT molecular complexity index is 1110. The van der Waals surface area contributed by atoms with Crippen LogP contribution in [0.15, 0.2) is 30.6 Å². The highest BCUT2D eigenvalue weighted by Crippen LogP contribution is 2.35. The number of hydrogen-bond acceptors (Lipinski definition) is 7. The molecule has 7 nitrogen and oxygen atoms in total. The predicted molar refractivity (Wildman–Crippen MR) is 112 cm³/mol. The van der Waals surface area contributed by atoms with Crippen molar-refractivity contribution in [1.29, 1.82) is 0 Å². The van der Waals surface area contributed by atoms with Gasteiger partial charge in [-0.3, -0.25) is 4.79 Å². The number of nitrogens with two attached hydrogens (primary N) is 1. The predicted octanol–water partition coefficient (Wildman–Crippen LogP) is 3.94. The lowest BCUT2D eigenvalue weighted by molar-refractivity contribution is -0.137. The number of nitrogen functional groups attached to an aromatic ring is 1. The van der Waals surface area contributed by atoms with E-state index in [1.54, 1.807) is 17.9 Å². The molecule has 0 spiro atoms. The molecule has 11 heteroatoms. The first-order valence-corrected chi connectivity index (χ1v) is 10.4. The number of halogens is 3. The topological polar surface area (TPSA) is 93.4 Å². The van der Waals surface area contributed by atoms with E-state index in [-0.39, 0.29) is 11.6 Å². The third-order valence-electron chi connectivity index (χ3n) is 4.98. The average Bonchev–Trinajstić information content (AvgIpc) is 3.18. The zero-order chi connectivity index (χ0) is 22.2. The maximum atomic E-state index is 13.1. The van der Waals surface area contributed by atoms with Crippen LogP contribution in [0.1, 0.15) is 33.8 Å². The molecule has 3 N–H and O–H groups in total. The van der Waals surface area contributed by atoms with E-state index in [0.717, 1.165) is 12.1 Å². The molecule has 1 atom stereocenters. The second-order valence-electron chi connectivity index (χ2n) is 7.20. The molecule has 1 aliphatic rings. The molecule has 0 aliphatic carbocycles. The van der Waals surface area contributed by atoms with Crippen molar-refractivity contribution in [3.63, 3.8) is 0 Å². The number of ether oxygens (including phenoxy) is 1. The molecular weight excluding hydrogens is 431 g/mol. The maximum Gasteiger partial charge on any atom is 0.416 e. The van der Waals surface area contributed by atoms with Crippen molar-refractivity contribution >= 4 is 39.0 Å². The Morgan fingerprint density at radius 1 is 1.23 bits per heavy atom. The zero-order valence-corrected chi connectivity index (χ0v) is 17.4. The van der Waals surface area contributed by atoms with Crippen LogP contribution in [0.2, 0.25) is 0 Å². The van der Waals surface area contributed by atoms with E-state index in [9.17, 15) is 18.0 Å². The SMILES string of the molecule is C[C@@H](Nc1ncnc2cc(C(=O)N3CCOCC3)sc12)c1cc(N)cc(C(F)(F)F)c1. The van der Waals surface area contributed by atoms with Crippen LogP contribution < -0.4 is 11.1 Å². The quantitative estimate of drug-likeness (QED) is 0.584. The van der Waals surface area contributed by atoms with Crippen molar-refractivity contribution in [1.82, 2.24) is 14.9 Å². The Morgan fingerprint density at radius 2 is 1.97 bits per heavy atom. The fourth-order valence-electron chi connectivity index (χ4n) is 3.36. The van der Waals surface area contributed by atoms with Crippen LogP contribution in [0, 0.1) is 0 Å². The van der Waals surface area contributed by atoms with Crippen molar-refractivity contribution in [3.8, 4) is 0 Å². The number of carbonyl (C=O) groups is 1. The third-order valence-corrected chi connectivity index (χ3v) is 6.10. The fourth-order valence-corrected chi connectivity index (χ4v) is 4.39. The molecule has 0 saturated carbocycles. The highest BCUT2D eigenvalue weighted by molar-refractivity contribution is 7.21. The minimum Gasteiger partial charge on any atom is -0.399 e. The molecule has 0 bridgehead atoms. The van der Waals surface area contributed by atoms with Gasteiger partial charge in [0.2, 0.25) is 0 Å². The van der Waals surface area contributed by atoms with Crippen LogP contribution in [0.3, 0.4) is 0 Å². The second kappa shape index (κ2) is 8.31. The van der Waals surface area contributed by atoms with Gasteiger partial charge in [-0.25, -0.2) is 9.97 Å². The number of amides is 1. The molecule has 31 heavy (non-hydrogen) atoms. The zero-order valence-electron chi connectivity index (χ0n) is 16.6.